The number of morpholine rings is 1. The Bertz CT molecular complexity index is 2140. The molecule has 280 valence electrons. The minimum Gasteiger partial charge on any atom is -0.369 e. The first kappa shape index (κ1) is 37.4. The van der Waals surface area contributed by atoms with Gasteiger partial charge >= 0.3 is 12.6 Å². The Labute approximate surface area is 316 Å². The normalized spacial score (nSPS) is 19.6. The molecule has 1 aromatic heterocycles. The van der Waals surface area contributed by atoms with Crippen molar-refractivity contribution >= 4 is 29.5 Å². The Kier molecular flexibility index (Phi) is 11.0. The number of aromatic nitrogens is 2. The molecule has 54 heavy (non-hydrogen) atoms. The third-order valence-electron chi connectivity index (χ3n) is 10.1. The van der Waals surface area contributed by atoms with Gasteiger partial charge in [0.1, 0.15) is 0 Å². The van der Waals surface area contributed by atoms with E-state index in [2.05, 4.69) is 46.3 Å². The lowest BCUT2D eigenvalue weighted by atomic mass is 9.75. The predicted molar refractivity (Wildman–Crippen MR) is 207 cm³/mol. The maximum atomic E-state index is 14.0. The van der Waals surface area contributed by atoms with Crippen LogP contribution in [-0.2, 0) is 19.4 Å². The van der Waals surface area contributed by atoms with Crippen LogP contribution in [0.15, 0.2) is 131 Å². The van der Waals surface area contributed by atoms with E-state index in [1.54, 1.807) is 23.7 Å². The summed E-state index contributed by atoms with van der Waals surface area (Å²) in [5, 5.41) is 11.1. The number of nitrogens with one attached hydrogen (secondary N) is 1. The third kappa shape index (κ3) is 7.56. The highest BCUT2D eigenvalue weighted by atomic mass is 35.7. The molecule has 0 bridgehead atoms. The molecule has 2 saturated heterocycles. The van der Waals surface area contributed by atoms with E-state index in [0.717, 1.165) is 22.4 Å². The molecule has 0 radical (unpaired) electrons. The van der Waals surface area contributed by atoms with Crippen molar-refractivity contribution in [3.63, 3.8) is 0 Å². The molecule has 4 aromatic carbocycles. The van der Waals surface area contributed by atoms with Crippen LogP contribution in [-0.4, -0.2) is 76.0 Å². The fourth-order valence-corrected chi connectivity index (χ4v) is 9.25. The number of benzene rings is 4. The molecule has 13 nitrogen and oxygen atoms in total. The molecule has 0 spiro atoms. The molecular formula is C39H40ClN6O7P. The van der Waals surface area contributed by atoms with Crippen LogP contribution in [0, 0.1) is 17.0 Å². The SMILES string of the molecule is Cc1cn(C2CN(C(c3ccccc3)(c3ccccc3)c3ccccc3)CC(COP(=O)(Cl)N3CCN(c4ccc([N+](=O)[O-])cc4)CC3)O2)c(=O)[nH]c1=O. The number of halogens is 1. The topological polar surface area (TPSA) is 143 Å². The number of non-ortho nitro benzene ring substituents is 1. The van der Waals surface area contributed by atoms with E-state index >= 15 is 0 Å². The molecule has 2 aliphatic heterocycles. The Morgan fingerprint density at radius 3 is 1.91 bits per heavy atom. The minimum atomic E-state index is -3.85. The number of ether oxygens (including phenoxy) is 1. The molecule has 3 unspecified atom stereocenters. The summed E-state index contributed by atoms with van der Waals surface area (Å²) in [5.41, 5.74) is 2.17. The monoisotopic (exact) mass is 770 g/mol. The van der Waals surface area contributed by atoms with Gasteiger partial charge in [-0.15, -0.1) is 0 Å². The number of nitro benzene ring substituents is 1. The number of H-pyrrole nitrogens is 1. The Morgan fingerprint density at radius 1 is 0.852 bits per heavy atom. The molecule has 15 heteroatoms. The lowest BCUT2D eigenvalue weighted by molar-refractivity contribution is -0.384. The Morgan fingerprint density at radius 2 is 1.39 bits per heavy atom. The fourth-order valence-electron chi connectivity index (χ4n) is 7.46. The van der Waals surface area contributed by atoms with Gasteiger partial charge in [-0.2, -0.15) is 0 Å². The summed E-state index contributed by atoms with van der Waals surface area (Å²) < 4.78 is 29.7. The molecule has 2 aliphatic rings. The summed E-state index contributed by atoms with van der Waals surface area (Å²) >= 11 is 6.72. The first-order chi connectivity index (χ1) is 26.1. The number of piperazine rings is 1. The van der Waals surface area contributed by atoms with Crippen LogP contribution < -0.4 is 16.1 Å². The summed E-state index contributed by atoms with van der Waals surface area (Å²) in [6.45, 7) is -0.192. The van der Waals surface area contributed by atoms with E-state index in [0.29, 0.717) is 38.3 Å². The second-order valence-electron chi connectivity index (χ2n) is 13.4. The summed E-state index contributed by atoms with van der Waals surface area (Å²) in [6.07, 6.45) is -0.0861. The second-order valence-corrected chi connectivity index (χ2v) is 16.4. The van der Waals surface area contributed by atoms with E-state index in [1.807, 2.05) is 59.5 Å². The zero-order valence-corrected chi connectivity index (χ0v) is 31.2. The maximum Gasteiger partial charge on any atom is 0.363 e. The molecule has 7 rings (SSSR count). The number of anilines is 1. The fraction of sp³-hybridized carbons (Fsp3) is 0.282. The van der Waals surface area contributed by atoms with Crippen LogP contribution in [0.5, 0.6) is 0 Å². The van der Waals surface area contributed by atoms with E-state index in [9.17, 15) is 24.3 Å². The molecule has 0 aliphatic carbocycles. The molecule has 0 amide bonds. The van der Waals surface area contributed by atoms with Gasteiger partial charge in [-0.05, 0) is 47.0 Å². The number of aryl methyl sites for hydroxylation is 1. The quantitative estimate of drug-likeness (QED) is 0.0722. The first-order valence-electron chi connectivity index (χ1n) is 17.6. The van der Waals surface area contributed by atoms with Crippen molar-refractivity contribution in [2.75, 3.05) is 50.8 Å². The van der Waals surface area contributed by atoms with Crippen molar-refractivity contribution in [2.45, 2.75) is 24.8 Å². The predicted octanol–water partition coefficient (Wildman–Crippen LogP) is 6.13. The number of rotatable bonds is 11. The number of nitro groups is 1. The van der Waals surface area contributed by atoms with Crippen molar-refractivity contribution in [3.8, 4) is 0 Å². The highest BCUT2D eigenvalue weighted by Crippen LogP contribution is 2.56. The van der Waals surface area contributed by atoms with E-state index in [1.165, 1.54) is 22.9 Å². The zero-order chi connectivity index (χ0) is 37.9. The Hall–Kier alpha value is -4.88. The van der Waals surface area contributed by atoms with E-state index in [-0.39, 0.29) is 18.8 Å². The number of hydrogen-bond donors (Lipinski definition) is 1. The zero-order valence-electron chi connectivity index (χ0n) is 29.6. The molecular weight excluding hydrogens is 731 g/mol. The van der Waals surface area contributed by atoms with Crippen molar-refractivity contribution in [2.24, 2.45) is 0 Å². The molecule has 3 atom stereocenters. The van der Waals surface area contributed by atoms with Crippen LogP contribution in [0.4, 0.5) is 11.4 Å². The molecule has 1 N–H and O–H groups in total. The van der Waals surface area contributed by atoms with Gasteiger partial charge < -0.3 is 14.2 Å². The van der Waals surface area contributed by atoms with Crippen LogP contribution in [0.25, 0.3) is 0 Å². The van der Waals surface area contributed by atoms with Crippen LogP contribution >= 0.6 is 18.1 Å². The average molecular weight is 771 g/mol. The van der Waals surface area contributed by atoms with Gasteiger partial charge in [-0.25, -0.2) is 9.46 Å². The number of hydrogen-bond acceptors (Lipinski definition) is 9. The van der Waals surface area contributed by atoms with Crippen LogP contribution in [0.3, 0.4) is 0 Å². The van der Waals surface area contributed by atoms with Crippen molar-refractivity contribution in [1.29, 1.82) is 0 Å². The molecule has 3 heterocycles. The van der Waals surface area contributed by atoms with E-state index < -0.39 is 40.9 Å². The highest BCUT2D eigenvalue weighted by Gasteiger charge is 2.47. The minimum absolute atomic E-state index is 0.0101. The summed E-state index contributed by atoms with van der Waals surface area (Å²) in [7, 11) is 0. The highest BCUT2D eigenvalue weighted by molar-refractivity contribution is 7.83. The van der Waals surface area contributed by atoms with Gasteiger partial charge in [0.25, 0.3) is 11.2 Å². The lowest BCUT2D eigenvalue weighted by Crippen LogP contribution is -2.58. The maximum absolute atomic E-state index is 14.0. The van der Waals surface area contributed by atoms with Crippen LogP contribution in [0.2, 0.25) is 0 Å². The van der Waals surface area contributed by atoms with Gasteiger partial charge in [0.05, 0.1) is 23.2 Å². The van der Waals surface area contributed by atoms with Crippen LogP contribution in [0.1, 0.15) is 28.5 Å². The lowest BCUT2D eigenvalue weighted by Gasteiger charge is -2.50. The third-order valence-corrected chi connectivity index (χ3v) is 12.6. The standard InChI is InChI=1S/C39H40ClN6O7P/c1-29-25-45(38(48)41-37(29)47)36-27-43(39(30-11-5-2-6-12-30,31-13-7-3-8-14-31)32-15-9-4-10-16-32)26-35(53-36)28-52-54(40,51)44-23-21-42(22-24-44)33-17-19-34(20-18-33)46(49)50/h2-20,25,35-36H,21-24,26-28H2,1H3,(H,41,47,48). The van der Waals surface area contributed by atoms with E-state index in [4.69, 9.17) is 20.5 Å². The summed E-state index contributed by atoms with van der Waals surface area (Å²) in [6, 6.07) is 36.7. The summed E-state index contributed by atoms with van der Waals surface area (Å²) in [4.78, 5) is 43.1. The molecule has 0 saturated carbocycles. The number of nitrogens with zero attached hydrogens (tertiary/aromatic N) is 5. The van der Waals surface area contributed by atoms with Gasteiger partial charge in [-0.3, -0.25) is 33.9 Å². The average Bonchev–Trinajstić information content (AvgIpc) is 3.20. The van der Waals surface area contributed by atoms with Crippen molar-refractivity contribution < 1.29 is 18.7 Å². The van der Waals surface area contributed by atoms with Crippen molar-refractivity contribution in [1.82, 2.24) is 19.1 Å². The van der Waals surface area contributed by atoms with Crippen molar-refractivity contribution in [3.05, 3.63) is 175 Å². The molecule has 5 aromatic rings. The smallest absolute Gasteiger partial charge is 0.363 e. The number of aromatic amines is 1. The van der Waals surface area contributed by atoms with Gasteiger partial charge in [-0.1, -0.05) is 91.0 Å². The van der Waals surface area contributed by atoms with Gasteiger partial charge in [0.2, 0.25) is 0 Å². The van der Waals surface area contributed by atoms with Gasteiger partial charge in [0.15, 0.2) is 6.23 Å². The largest absolute Gasteiger partial charge is 0.369 e. The van der Waals surface area contributed by atoms with Gasteiger partial charge in [0, 0.05) is 68.8 Å². The first-order valence-corrected chi connectivity index (χ1v) is 20.1. The second kappa shape index (κ2) is 15.8. The summed E-state index contributed by atoms with van der Waals surface area (Å²) in [5.74, 6) is 0. The molecule has 2 fully saturated rings. The Balaban J connectivity index is 1.20.